The predicted molar refractivity (Wildman–Crippen MR) is 234 cm³/mol. The summed E-state index contributed by atoms with van der Waals surface area (Å²) in [5.41, 5.74) is 5.09. The fraction of sp³-hybridized carbons (Fsp3) is 0.318. The molecule has 6 aromatic heterocycles. The number of amides is 1. The van der Waals surface area contributed by atoms with E-state index in [-0.39, 0.29) is 21.8 Å². The molecule has 312 valence electrons. The average Bonchev–Trinajstić information content (AvgIpc) is 4.12. The van der Waals surface area contributed by atoms with E-state index in [2.05, 4.69) is 55.8 Å². The van der Waals surface area contributed by atoms with Crippen LogP contribution >= 0.6 is 23.2 Å². The van der Waals surface area contributed by atoms with Gasteiger partial charge in [-0.1, -0.05) is 23.2 Å². The minimum atomic E-state index is -1.10. The summed E-state index contributed by atoms with van der Waals surface area (Å²) in [6.45, 7) is 7.66. The smallest absolute Gasteiger partial charge is 0.339 e. The van der Waals surface area contributed by atoms with Crippen LogP contribution in [-0.4, -0.2) is 87.9 Å². The summed E-state index contributed by atoms with van der Waals surface area (Å²) < 4.78 is 0. The van der Waals surface area contributed by atoms with Crippen molar-refractivity contribution in [1.29, 1.82) is 0 Å². The standard InChI is InChI=1S/C22H21ClN6O.C19H16ClN5O2.C3H7N/c1-13-16(12-26-20(23)19(13)22(30)29-9-2-10-29)15-5-7-24-18(11-15)27-17-6-8-25-21(28-17)14-3-4-14;1-10-13(9-23-17(20)16(10)19(26)27)12-4-6-21-15(8-12)24-14-5-7-22-18(25-14)11-2-3-11;1-2-4-3-1/h5-8,11-12,14H,2-4,9-10H2,1H3,(H,24,25,27,28);4-9,11H,2-3H2,1H3,(H,26,27)(H,21,22,24,25);4H,1-3H2. The lowest BCUT2D eigenvalue weighted by Gasteiger charge is -2.31. The number of hydrogen-bond donors (Lipinski definition) is 4. The van der Waals surface area contributed by atoms with Crippen molar-refractivity contribution < 1.29 is 14.7 Å². The van der Waals surface area contributed by atoms with Crippen LogP contribution in [0.4, 0.5) is 23.3 Å². The predicted octanol–water partition coefficient (Wildman–Crippen LogP) is 8.56. The van der Waals surface area contributed by atoms with Crippen molar-refractivity contribution in [3.63, 3.8) is 0 Å². The van der Waals surface area contributed by atoms with Crippen LogP contribution in [-0.2, 0) is 0 Å². The molecule has 17 heteroatoms. The molecule has 2 saturated heterocycles. The summed E-state index contributed by atoms with van der Waals surface area (Å²) in [5, 5.41) is 19.2. The molecule has 1 amide bonds. The summed E-state index contributed by atoms with van der Waals surface area (Å²) in [5.74, 6) is 4.16. The highest BCUT2D eigenvalue weighted by molar-refractivity contribution is 6.33. The van der Waals surface area contributed by atoms with Crippen molar-refractivity contribution in [2.45, 2.75) is 64.2 Å². The number of anilines is 4. The van der Waals surface area contributed by atoms with Gasteiger partial charge in [-0.15, -0.1) is 0 Å². The first kappa shape index (κ1) is 41.6. The number of likely N-dealkylation sites (tertiary alicyclic amines) is 1. The third-order valence-corrected chi connectivity index (χ3v) is 11.3. The van der Waals surface area contributed by atoms with Gasteiger partial charge in [0.05, 0.1) is 5.56 Å². The van der Waals surface area contributed by atoms with Crippen LogP contribution in [0.1, 0.15) is 93.9 Å². The molecular weight excluding hydrogens is 815 g/mol. The second-order valence-corrected chi connectivity index (χ2v) is 16.0. The molecule has 0 bridgehead atoms. The number of carbonyl (C=O) groups is 2. The molecule has 10 rings (SSSR count). The van der Waals surface area contributed by atoms with E-state index in [1.807, 2.05) is 31.2 Å². The Balaban J connectivity index is 0.000000155. The van der Waals surface area contributed by atoms with E-state index < -0.39 is 5.97 Å². The second-order valence-electron chi connectivity index (χ2n) is 15.2. The Morgan fingerprint density at radius 1 is 0.656 bits per heavy atom. The van der Waals surface area contributed by atoms with E-state index in [4.69, 9.17) is 23.2 Å². The number of carboxylic acid groups (broad SMARTS) is 1. The van der Waals surface area contributed by atoms with Gasteiger partial charge in [0.2, 0.25) is 0 Å². The van der Waals surface area contributed by atoms with Crippen LogP contribution in [0.2, 0.25) is 10.3 Å². The Morgan fingerprint density at radius 3 is 1.51 bits per heavy atom. The van der Waals surface area contributed by atoms with Crippen LogP contribution in [0.5, 0.6) is 0 Å². The third-order valence-electron chi connectivity index (χ3n) is 10.8. The molecule has 61 heavy (non-hydrogen) atoms. The molecule has 0 atom stereocenters. The first-order valence-electron chi connectivity index (χ1n) is 20.3. The van der Waals surface area contributed by atoms with Crippen LogP contribution in [0.25, 0.3) is 22.3 Å². The molecule has 6 aromatic rings. The van der Waals surface area contributed by atoms with Gasteiger partial charge in [0.15, 0.2) is 0 Å². The van der Waals surface area contributed by atoms with Crippen molar-refractivity contribution in [3.05, 3.63) is 118 Å². The summed E-state index contributed by atoms with van der Waals surface area (Å²) in [6.07, 6.45) is 17.1. The zero-order chi connectivity index (χ0) is 42.5. The first-order valence-corrected chi connectivity index (χ1v) is 21.0. The van der Waals surface area contributed by atoms with E-state index in [1.54, 1.807) is 61.1 Å². The Hall–Kier alpha value is -6.16. The quantitative estimate of drug-likeness (QED) is 0.0956. The fourth-order valence-electron chi connectivity index (χ4n) is 6.64. The molecule has 2 aliphatic heterocycles. The maximum absolute atomic E-state index is 12.8. The van der Waals surface area contributed by atoms with Gasteiger partial charge in [0, 0.05) is 73.2 Å². The zero-order valence-corrected chi connectivity index (χ0v) is 35.2. The third kappa shape index (κ3) is 10.1. The highest BCUT2D eigenvalue weighted by Crippen LogP contribution is 2.39. The van der Waals surface area contributed by atoms with Gasteiger partial charge in [-0.05, 0) is 124 Å². The Morgan fingerprint density at radius 2 is 1.10 bits per heavy atom. The van der Waals surface area contributed by atoms with Gasteiger partial charge in [-0.3, -0.25) is 4.79 Å². The fourth-order valence-corrected chi connectivity index (χ4v) is 7.18. The number of nitrogens with zero attached hydrogens (tertiary/aromatic N) is 9. The normalized spacial score (nSPS) is 15.2. The molecule has 4 fully saturated rings. The van der Waals surface area contributed by atoms with Gasteiger partial charge >= 0.3 is 5.97 Å². The maximum Gasteiger partial charge on any atom is 0.339 e. The number of carboxylic acids is 1. The van der Waals surface area contributed by atoms with Crippen LogP contribution in [0.3, 0.4) is 0 Å². The number of hydrogen-bond acceptors (Lipinski definition) is 13. The molecule has 0 aromatic carbocycles. The number of aromatic nitrogens is 8. The summed E-state index contributed by atoms with van der Waals surface area (Å²) >= 11 is 12.2. The molecule has 0 radical (unpaired) electrons. The number of carbonyl (C=O) groups excluding carboxylic acids is 1. The highest BCUT2D eigenvalue weighted by atomic mass is 35.5. The second kappa shape index (κ2) is 18.6. The highest BCUT2D eigenvalue weighted by Gasteiger charge is 2.29. The lowest BCUT2D eigenvalue weighted by atomic mass is 9.98. The SMILES string of the molecule is C1CNC1.Cc1c(-c2ccnc(Nc3ccnc(C4CC4)n3)c2)cnc(Cl)c1C(=O)N1CCC1.Cc1c(-c2ccnc(Nc3ccnc(C4CC4)n3)c2)cnc(Cl)c1C(=O)O. The van der Waals surface area contributed by atoms with Gasteiger partial charge in [0.1, 0.15) is 50.8 Å². The Kier molecular flexibility index (Phi) is 12.7. The lowest BCUT2D eigenvalue weighted by molar-refractivity contribution is 0.0649. The summed E-state index contributed by atoms with van der Waals surface area (Å²) in [4.78, 5) is 60.9. The van der Waals surface area contributed by atoms with Crippen molar-refractivity contribution in [2.24, 2.45) is 0 Å². The Bertz CT molecular complexity index is 2570. The van der Waals surface area contributed by atoms with Crippen LogP contribution in [0, 0.1) is 13.8 Å². The molecule has 0 unspecified atom stereocenters. The molecule has 8 heterocycles. The van der Waals surface area contributed by atoms with Crippen LogP contribution < -0.4 is 16.0 Å². The minimum absolute atomic E-state index is 0.00497. The van der Waals surface area contributed by atoms with Crippen molar-refractivity contribution in [3.8, 4) is 22.3 Å². The number of halogens is 2. The van der Waals surface area contributed by atoms with E-state index in [1.165, 1.54) is 19.5 Å². The van der Waals surface area contributed by atoms with Crippen molar-refractivity contribution in [1.82, 2.24) is 50.1 Å². The van der Waals surface area contributed by atoms with Crippen molar-refractivity contribution in [2.75, 3.05) is 36.8 Å². The van der Waals surface area contributed by atoms with Gasteiger partial charge in [0.25, 0.3) is 5.91 Å². The summed E-state index contributed by atoms with van der Waals surface area (Å²) in [6, 6.07) is 11.1. The number of nitrogens with one attached hydrogen (secondary N) is 3. The lowest BCUT2D eigenvalue weighted by Crippen LogP contribution is -2.42. The van der Waals surface area contributed by atoms with Crippen molar-refractivity contribution >= 4 is 58.3 Å². The largest absolute Gasteiger partial charge is 0.478 e. The minimum Gasteiger partial charge on any atom is -0.478 e. The average molecular weight is 860 g/mol. The first-order chi connectivity index (χ1) is 29.6. The molecule has 4 N–H and O–H groups in total. The molecule has 0 spiro atoms. The van der Waals surface area contributed by atoms with E-state index >= 15 is 0 Å². The number of rotatable bonds is 10. The molecule has 2 aliphatic carbocycles. The molecule has 2 saturated carbocycles. The molecule has 4 aliphatic rings. The van der Waals surface area contributed by atoms with Gasteiger partial charge in [-0.2, -0.15) is 0 Å². The monoisotopic (exact) mass is 858 g/mol. The van der Waals surface area contributed by atoms with E-state index in [0.717, 1.165) is 84.9 Å². The molecule has 15 nitrogen and oxygen atoms in total. The van der Waals surface area contributed by atoms with E-state index in [0.29, 0.717) is 46.0 Å². The van der Waals surface area contributed by atoms with Gasteiger partial charge in [-0.25, -0.2) is 44.7 Å². The number of aromatic carboxylic acids is 1. The zero-order valence-electron chi connectivity index (χ0n) is 33.7. The van der Waals surface area contributed by atoms with E-state index in [9.17, 15) is 14.7 Å². The van der Waals surface area contributed by atoms with Gasteiger partial charge < -0.3 is 26.0 Å². The summed E-state index contributed by atoms with van der Waals surface area (Å²) in [7, 11) is 0. The molecular formula is C44H44Cl2N12O3. The van der Waals surface area contributed by atoms with Crippen LogP contribution in [0.15, 0.2) is 73.6 Å². The number of pyridine rings is 4. The Labute approximate surface area is 362 Å². The topological polar surface area (TPSA) is 197 Å². The maximum atomic E-state index is 12.8.